The molecule has 0 heterocycles. The van der Waals surface area contributed by atoms with Gasteiger partial charge < -0.3 is 9.47 Å². The Balaban J connectivity index is 2.35. The van der Waals surface area contributed by atoms with Gasteiger partial charge in [-0.05, 0) is 37.7 Å². The Kier molecular flexibility index (Phi) is 8.06. The van der Waals surface area contributed by atoms with Gasteiger partial charge in [0.1, 0.15) is 0 Å². The Labute approximate surface area is 128 Å². The van der Waals surface area contributed by atoms with Crippen molar-refractivity contribution in [2.45, 2.75) is 52.7 Å². The van der Waals surface area contributed by atoms with Crippen molar-refractivity contribution in [1.29, 1.82) is 0 Å². The highest BCUT2D eigenvalue weighted by Crippen LogP contribution is 2.20. The Morgan fingerprint density at radius 2 is 1.76 bits per heavy atom. The summed E-state index contributed by atoms with van der Waals surface area (Å²) in [6, 6.07) is 10.1. The molecular weight excluding hydrogens is 264 g/mol. The average molecular weight is 292 g/mol. The van der Waals surface area contributed by atoms with Gasteiger partial charge in [0, 0.05) is 0 Å². The van der Waals surface area contributed by atoms with Crippen molar-refractivity contribution < 1.29 is 14.3 Å². The monoisotopic (exact) mass is 292 g/mol. The zero-order valence-corrected chi connectivity index (χ0v) is 13.7. The van der Waals surface area contributed by atoms with Gasteiger partial charge in [-0.15, -0.1) is 0 Å². The SMILES string of the molecule is COC(=O)[C@@H](CC[C@@H](C)OCc1ccccc1)CC(C)C. The number of hydrogen-bond acceptors (Lipinski definition) is 3. The molecule has 0 amide bonds. The fourth-order valence-corrected chi connectivity index (χ4v) is 2.40. The maximum atomic E-state index is 11.8. The van der Waals surface area contributed by atoms with Gasteiger partial charge in [0.05, 0.1) is 25.7 Å². The summed E-state index contributed by atoms with van der Waals surface area (Å²) in [5, 5.41) is 0. The van der Waals surface area contributed by atoms with Crippen LogP contribution in [0.5, 0.6) is 0 Å². The molecule has 0 spiro atoms. The van der Waals surface area contributed by atoms with Crippen LogP contribution in [0.15, 0.2) is 30.3 Å². The van der Waals surface area contributed by atoms with E-state index >= 15 is 0 Å². The second-order valence-corrected chi connectivity index (χ2v) is 6.03. The summed E-state index contributed by atoms with van der Waals surface area (Å²) < 4.78 is 10.7. The van der Waals surface area contributed by atoms with E-state index in [1.807, 2.05) is 18.2 Å². The normalized spacial score (nSPS) is 14.0. The first kappa shape index (κ1) is 17.7. The minimum absolute atomic E-state index is 0.0159. The van der Waals surface area contributed by atoms with E-state index in [4.69, 9.17) is 9.47 Å². The van der Waals surface area contributed by atoms with Gasteiger partial charge in [-0.25, -0.2) is 0 Å². The van der Waals surface area contributed by atoms with E-state index in [-0.39, 0.29) is 18.0 Å². The van der Waals surface area contributed by atoms with Crippen molar-refractivity contribution in [3.05, 3.63) is 35.9 Å². The molecule has 0 aromatic heterocycles. The predicted octanol–water partition coefficient (Wildman–Crippen LogP) is 4.21. The zero-order valence-electron chi connectivity index (χ0n) is 13.7. The molecule has 1 rings (SSSR count). The summed E-state index contributed by atoms with van der Waals surface area (Å²) in [7, 11) is 1.46. The average Bonchev–Trinajstić information content (AvgIpc) is 2.49. The maximum Gasteiger partial charge on any atom is 0.308 e. The Bertz CT molecular complexity index is 400. The lowest BCUT2D eigenvalue weighted by atomic mass is 9.92. The molecule has 118 valence electrons. The Morgan fingerprint density at radius 1 is 1.10 bits per heavy atom. The van der Waals surface area contributed by atoms with Gasteiger partial charge in [-0.2, -0.15) is 0 Å². The van der Waals surface area contributed by atoms with Crippen LogP contribution in [0, 0.1) is 11.8 Å². The third-order valence-corrected chi connectivity index (χ3v) is 3.59. The van der Waals surface area contributed by atoms with Crippen LogP contribution in [0.1, 0.15) is 45.6 Å². The number of hydrogen-bond donors (Lipinski definition) is 0. The van der Waals surface area contributed by atoms with Crippen LogP contribution >= 0.6 is 0 Å². The molecule has 0 aliphatic carbocycles. The number of carbonyl (C=O) groups is 1. The smallest absolute Gasteiger partial charge is 0.308 e. The highest BCUT2D eigenvalue weighted by Gasteiger charge is 2.21. The quantitative estimate of drug-likeness (QED) is 0.640. The summed E-state index contributed by atoms with van der Waals surface area (Å²) in [6.45, 7) is 6.94. The molecule has 1 aromatic carbocycles. The van der Waals surface area contributed by atoms with Crippen LogP contribution in [0.2, 0.25) is 0 Å². The fourth-order valence-electron chi connectivity index (χ4n) is 2.40. The Hall–Kier alpha value is -1.35. The van der Waals surface area contributed by atoms with Crippen molar-refractivity contribution >= 4 is 5.97 Å². The van der Waals surface area contributed by atoms with Gasteiger partial charge >= 0.3 is 5.97 Å². The second kappa shape index (κ2) is 9.56. The lowest BCUT2D eigenvalue weighted by Gasteiger charge is -2.19. The van der Waals surface area contributed by atoms with E-state index < -0.39 is 0 Å². The molecule has 0 aliphatic heterocycles. The number of ether oxygens (including phenoxy) is 2. The first-order valence-electron chi connectivity index (χ1n) is 7.76. The molecular formula is C18H28O3. The molecule has 0 saturated heterocycles. The van der Waals surface area contributed by atoms with E-state index in [0.717, 1.165) is 19.3 Å². The minimum atomic E-state index is -0.0982. The summed E-state index contributed by atoms with van der Waals surface area (Å²) in [4.78, 5) is 11.8. The summed E-state index contributed by atoms with van der Waals surface area (Å²) in [6.07, 6.45) is 2.71. The number of benzene rings is 1. The molecule has 21 heavy (non-hydrogen) atoms. The molecule has 0 fully saturated rings. The van der Waals surface area contributed by atoms with Crippen molar-refractivity contribution in [1.82, 2.24) is 0 Å². The number of rotatable bonds is 9. The summed E-state index contributed by atoms with van der Waals surface area (Å²) >= 11 is 0. The van der Waals surface area contributed by atoms with Crippen LogP contribution in [-0.4, -0.2) is 19.2 Å². The first-order chi connectivity index (χ1) is 10.0. The van der Waals surface area contributed by atoms with Crippen molar-refractivity contribution in [3.63, 3.8) is 0 Å². The van der Waals surface area contributed by atoms with E-state index in [1.165, 1.54) is 12.7 Å². The van der Waals surface area contributed by atoms with E-state index in [2.05, 4.69) is 32.9 Å². The summed E-state index contributed by atoms with van der Waals surface area (Å²) in [5.41, 5.74) is 1.18. The molecule has 0 radical (unpaired) electrons. The van der Waals surface area contributed by atoms with Gasteiger partial charge in [-0.1, -0.05) is 44.2 Å². The lowest BCUT2D eigenvalue weighted by Crippen LogP contribution is -2.20. The highest BCUT2D eigenvalue weighted by molar-refractivity contribution is 5.72. The molecule has 0 unspecified atom stereocenters. The van der Waals surface area contributed by atoms with Crippen LogP contribution in [0.3, 0.4) is 0 Å². The molecule has 2 atom stereocenters. The van der Waals surface area contributed by atoms with Crippen LogP contribution in [-0.2, 0) is 20.9 Å². The molecule has 1 aromatic rings. The molecule has 0 bridgehead atoms. The number of esters is 1. The topological polar surface area (TPSA) is 35.5 Å². The van der Waals surface area contributed by atoms with Gasteiger partial charge in [0.25, 0.3) is 0 Å². The maximum absolute atomic E-state index is 11.8. The molecule has 3 nitrogen and oxygen atoms in total. The van der Waals surface area contributed by atoms with Crippen molar-refractivity contribution in [2.75, 3.05) is 7.11 Å². The lowest BCUT2D eigenvalue weighted by molar-refractivity contribution is -0.146. The summed E-state index contributed by atoms with van der Waals surface area (Å²) in [5.74, 6) is 0.381. The largest absolute Gasteiger partial charge is 0.469 e. The molecule has 0 N–H and O–H groups in total. The highest BCUT2D eigenvalue weighted by atomic mass is 16.5. The van der Waals surface area contributed by atoms with E-state index in [0.29, 0.717) is 12.5 Å². The molecule has 0 aliphatic rings. The van der Waals surface area contributed by atoms with Crippen LogP contribution in [0.25, 0.3) is 0 Å². The number of carbonyl (C=O) groups excluding carboxylic acids is 1. The zero-order chi connectivity index (χ0) is 15.7. The third kappa shape index (κ3) is 7.28. The van der Waals surface area contributed by atoms with Gasteiger partial charge in [0.2, 0.25) is 0 Å². The van der Waals surface area contributed by atoms with Crippen LogP contribution < -0.4 is 0 Å². The fraction of sp³-hybridized carbons (Fsp3) is 0.611. The molecule has 0 saturated carbocycles. The third-order valence-electron chi connectivity index (χ3n) is 3.59. The van der Waals surface area contributed by atoms with Gasteiger partial charge in [-0.3, -0.25) is 4.79 Å². The van der Waals surface area contributed by atoms with Crippen molar-refractivity contribution in [3.8, 4) is 0 Å². The van der Waals surface area contributed by atoms with Gasteiger partial charge in [0.15, 0.2) is 0 Å². The standard InChI is InChI=1S/C18H28O3/c1-14(2)12-17(18(19)20-4)11-10-15(3)21-13-16-8-6-5-7-9-16/h5-9,14-15,17H,10-13H2,1-4H3/t15-,17+/m1/s1. The van der Waals surface area contributed by atoms with E-state index in [1.54, 1.807) is 0 Å². The molecule has 3 heteroatoms. The van der Waals surface area contributed by atoms with E-state index in [9.17, 15) is 4.79 Å². The Morgan fingerprint density at radius 3 is 2.33 bits per heavy atom. The second-order valence-electron chi connectivity index (χ2n) is 6.03. The number of methoxy groups -OCH3 is 1. The predicted molar refractivity (Wildman–Crippen MR) is 84.9 cm³/mol. The minimum Gasteiger partial charge on any atom is -0.469 e. The van der Waals surface area contributed by atoms with Crippen LogP contribution in [0.4, 0.5) is 0 Å². The first-order valence-corrected chi connectivity index (χ1v) is 7.76. The van der Waals surface area contributed by atoms with Crippen molar-refractivity contribution in [2.24, 2.45) is 11.8 Å².